The van der Waals surface area contributed by atoms with Crippen LogP contribution in [0.15, 0.2) is 18.2 Å². The third-order valence-corrected chi connectivity index (χ3v) is 4.15. The summed E-state index contributed by atoms with van der Waals surface area (Å²) in [4.78, 5) is 23.5. The average Bonchev–Trinajstić information content (AvgIpc) is 2.37. The van der Waals surface area contributed by atoms with Crippen molar-refractivity contribution >= 4 is 21.5 Å². The van der Waals surface area contributed by atoms with Gasteiger partial charge in [-0.15, -0.1) is 0 Å². The van der Waals surface area contributed by atoms with Gasteiger partial charge in [-0.25, -0.2) is 8.42 Å². The number of nitrogens with one attached hydrogen (secondary N) is 1. The Labute approximate surface area is 125 Å². The van der Waals surface area contributed by atoms with E-state index in [1.807, 2.05) is 26.0 Å². The van der Waals surface area contributed by atoms with Crippen LogP contribution < -0.4 is 5.32 Å². The molecule has 0 saturated heterocycles. The maximum absolute atomic E-state index is 12.0. The van der Waals surface area contributed by atoms with Gasteiger partial charge in [-0.2, -0.15) is 0 Å². The second-order valence-electron chi connectivity index (χ2n) is 5.20. The fourth-order valence-corrected chi connectivity index (χ4v) is 2.22. The van der Waals surface area contributed by atoms with Gasteiger partial charge in [0.15, 0.2) is 5.78 Å². The quantitative estimate of drug-likeness (QED) is 0.772. The van der Waals surface area contributed by atoms with Crippen LogP contribution in [-0.4, -0.2) is 38.7 Å². The second-order valence-corrected chi connectivity index (χ2v) is 7.46. The van der Waals surface area contributed by atoms with E-state index in [4.69, 9.17) is 0 Å². The van der Waals surface area contributed by atoms with E-state index in [1.165, 1.54) is 0 Å². The molecule has 116 valence electrons. The Hall–Kier alpha value is -1.69. The summed E-state index contributed by atoms with van der Waals surface area (Å²) < 4.78 is 21.8. The van der Waals surface area contributed by atoms with Crippen molar-refractivity contribution in [2.24, 2.45) is 0 Å². The summed E-state index contributed by atoms with van der Waals surface area (Å²) in [7, 11) is -3.08. The molecule has 1 rings (SSSR count). The molecular formula is C15H21NO4S. The molecule has 1 amide bonds. The summed E-state index contributed by atoms with van der Waals surface area (Å²) in [5.74, 6) is -0.490. The first-order valence-corrected chi connectivity index (χ1v) is 8.80. The van der Waals surface area contributed by atoms with E-state index in [-0.39, 0.29) is 36.8 Å². The Morgan fingerprint density at radius 2 is 1.76 bits per heavy atom. The highest BCUT2D eigenvalue weighted by Gasteiger charge is 2.10. The second kappa shape index (κ2) is 7.36. The fraction of sp³-hybridized carbons (Fsp3) is 0.467. The molecule has 5 nitrogen and oxygen atoms in total. The Morgan fingerprint density at radius 3 is 2.33 bits per heavy atom. The normalized spacial score (nSPS) is 11.2. The molecule has 0 aliphatic carbocycles. The highest BCUT2D eigenvalue weighted by atomic mass is 32.2. The molecule has 6 heteroatoms. The van der Waals surface area contributed by atoms with Crippen LogP contribution in [0, 0.1) is 13.8 Å². The number of carbonyl (C=O) groups excluding carboxylic acids is 2. The van der Waals surface area contributed by atoms with Gasteiger partial charge in [0.1, 0.15) is 9.84 Å². The minimum atomic E-state index is -3.08. The summed E-state index contributed by atoms with van der Waals surface area (Å²) in [6.45, 7) is 3.98. The van der Waals surface area contributed by atoms with Crippen LogP contribution in [-0.2, 0) is 14.6 Å². The van der Waals surface area contributed by atoms with Crippen LogP contribution in [0.2, 0.25) is 0 Å². The van der Waals surface area contributed by atoms with Crippen molar-refractivity contribution in [2.45, 2.75) is 26.7 Å². The first-order valence-electron chi connectivity index (χ1n) is 6.74. The van der Waals surface area contributed by atoms with Gasteiger partial charge in [0.25, 0.3) is 0 Å². The first-order chi connectivity index (χ1) is 9.69. The smallest absolute Gasteiger partial charge is 0.220 e. The zero-order valence-corrected chi connectivity index (χ0v) is 13.4. The summed E-state index contributed by atoms with van der Waals surface area (Å²) in [5.41, 5.74) is 2.76. The van der Waals surface area contributed by atoms with Crippen LogP contribution in [0.25, 0.3) is 0 Å². The molecular weight excluding hydrogens is 290 g/mol. The van der Waals surface area contributed by atoms with Gasteiger partial charge < -0.3 is 5.32 Å². The predicted octanol–water partition coefficient (Wildman–Crippen LogP) is 1.43. The summed E-state index contributed by atoms with van der Waals surface area (Å²) in [6, 6.07) is 5.46. The molecule has 0 atom stereocenters. The van der Waals surface area contributed by atoms with Crippen molar-refractivity contribution in [3.63, 3.8) is 0 Å². The highest BCUT2D eigenvalue weighted by Crippen LogP contribution is 2.12. The number of amides is 1. The van der Waals surface area contributed by atoms with E-state index >= 15 is 0 Å². The Kier molecular flexibility index (Phi) is 6.08. The Balaban J connectivity index is 2.42. The third kappa shape index (κ3) is 6.53. The molecule has 0 aromatic heterocycles. The summed E-state index contributed by atoms with van der Waals surface area (Å²) in [5, 5.41) is 2.50. The van der Waals surface area contributed by atoms with E-state index in [9.17, 15) is 18.0 Å². The van der Waals surface area contributed by atoms with Gasteiger partial charge in [-0.1, -0.05) is 12.1 Å². The van der Waals surface area contributed by atoms with E-state index in [2.05, 4.69) is 5.32 Å². The molecule has 0 spiro atoms. The van der Waals surface area contributed by atoms with Crippen LogP contribution in [0.1, 0.15) is 34.3 Å². The highest BCUT2D eigenvalue weighted by molar-refractivity contribution is 7.90. The molecule has 1 aromatic carbocycles. The number of aryl methyl sites for hydroxylation is 2. The monoisotopic (exact) mass is 311 g/mol. The SMILES string of the molecule is Cc1ccc(C(=O)CCC(=O)NCCS(C)(=O)=O)cc1C. The molecule has 0 bridgehead atoms. The lowest BCUT2D eigenvalue weighted by atomic mass is 10.0. The standard InChI is InChI=1S/C15H21NO4S/c1-11-4-5-13(10-12(11)2)14(17)6-7-15(18)16-8-9-21(3,19)20/h4-5,10H,6-9H2,1-3H3,(H,16,18). The number of sulfone groups is 1. The van der Waals surface area contributed by atoms with Crippen molar-refractivity contribution in [1.29, 1.82) is 0 Å². The number of carbonyl (C=O) groups is 2. The summed E-state index contributed by atoms with van der Waals surface area (Å²) >= 11 is 0. The topological polar surface area (TPSA) is 80.3 Å². The molecule has 1 aromatic rings. The fourth-order valence-electron chi connectivity index (χ4n) is 1.75. The minimum absolute atomic E-state index is 0.0650. The van der Waals surface area contributed by atoms with Crippen molar-refractivity contribution in [1.82, 2.24) is 5.32 Å². The van der Waals surface area contributed by atoms with E-state index in [0.717, 1.165) is 17.4 Å². The maximum atomic E-state index is 12.0. The zero-order valence-electron chi connectivity index (χ0n) is 12.6. The van der Waals surface area contributed by atoms with Gasteiger partial charge in [0.05, 0.1) is 5.75 Å². The van der Waals surface area contributed by atoms with Crippen molar-refractivity contribution in [2.75, 3.05) is 18.6 Å². The molecule has 0 radical (unpaired) electrons. The lowest BCUT2D eigenvalue weighted by Gasteiger charge is -2.06. The number of rotatable bonds is 7. The molecule has 0 fully saturated rings. The number of hydrogen-bond donors (Lipinski definition) is 1. The molecule has 0 aliphatic rings. The largest absolute Gasteiger partial charge is 0.355 e. The van der Waals surface area contributed by atoms with Gasteiger partial charge in [-0.05, 0) is 31.0 Å². The predicted molar refractivity (Wildman–Crippen MR) is 82.2 cm³/mol. The molecule has 0 unspecified atom stereocenters. The molecule has 0 saturated carbocycles. The van der Waals surface area contributed by atoms with Crippen molar-refractivity contribution < 1.29 is 18.0 Å². The van der Waals surface area contributed by atoms with E-state index in [0.29, 0.717) is 5.56 Å². The van der Waals surface area contributed by atoms with E-state index < -0.39 is 9.84 Å². The van der Waals surface area contributed by atoms with Crippen molar-refractivity contribution in [3.05, 3.63) is 34.9 Å². The van der Waals surface area contributed by atoms with Crippen LogP contribution in [0.5, 0.6) is 0 Å². The van der Waals surface area contributed by atoms with Gasteiger partial charge >= 0.3 is 0 Å². The average molecular weight is 311 g/mol. The minimum Gasteiger partial charge on any atom is -0.355 e. The van der Waals surface area contributed by atoms with Crippen LogP contribution >= 0.6 is 0 Å². The Bertz CT molecular complexity index is 635. The lowest BCUT2D eigenvalue weighted by Crippen LogP contribution is -2.29. The van der Waals surface area contributed by atoms with Gasteiger partial charge in [0, 0.05) is 31.2 Å². The zero-order chi connectivity index (χ0) is 16.0. The number of ketones is 1. The van der Waals surface area contributed by atoms with Crippen molar-refractivity contribution in [3.8, 4) is 0 Å². The first kappa shape index (κ1) is 17.4. The summed E-state index contributed by atoms with van der Waals surface area (Å²) in [6.07, 6.45) is 1.30. The van der Waals surface area contributed by atoms with Gasteiger partial charge in [-0.3, -0.25) is 9.59 Å². The lowest BCUT2D eigenvalue weighted by molar-refractivity contribution is -0.120. The molecule has 0 aliphatic heterocycles. The van der Waals surface area contributed by atoms with Crippen LogP contribution in [0.3, 0.4) is 0 Å². The van der Waals surface area contributed by atoms with Gasteiger partial charge in [0.2, 0.25) is 5.91 Å². The third-order valence-electron chi connectivity index (χ3n) is 3.20. The van der Waals surface area contributed by atoms with E-state index in [1.54, 1.807) is 6.07 Å². The number of Topliss-reactive ketones (excluding diaryl/α,β-unsaturated/α-hetero) is 1. The number of hydrogen-bond acceptors (Lipinski definition) is 4. The van der Waals surface area contributed by atoms with Crippen LogP contribution in [0.4, 0.5) is 0 Å². The number of benzene rings is 1. The molecule has 1 N–H and O–H groups in total. The Morgan fingerprint density at radius 1 is 1.10 bits per heavy atom. The maximum Gasteiger partial charge on any atom is 0.220 e. The molecule has 0 heterocycles. The molecule has 21 heavy (non-hydrogen) atoms.